The Morgan fingerprint density at radius 3 is 2.88 bits per heavy atom. The summed E-state index contributed by atoms with van der Waals surface area (Å²) in [5, 5.41) is 12.1. The standard InChI is InChI=1S/C18H20N6O/c1-20-8-9-24-14-3-2-13(22-7-5-19)15-16(14)17(23-24)12-10-21-6-4-11(12)18(15)25/h2-4,6,10,20,22H,5,7-9,19H2,1H3. The summed E-state index contributed by atoms with van der Waals surface area (Å²) < 4.78 is 1.95. The number of nitrogens with one attached hydrogen (secondary N) is 2. The number of carbonyl (C=O) groups excluding carboxylic acids is 1. The van der Waals surface area contributed by atoms with Crippen LogP contribution in [0.2, 0.25) is 0 Å². The SMILES string of the molecule is CNCCn1nc2c3c(c(NCCN)ccc31)C(=O)c1ccncc1-2. The Morgan fingerprint density at radius 1 is 1.20 bits per heavy atom. The van der Waals surface area contributed by atoms with Crippen LogP contribution in [-0.2, 0) is 6.54 Å². The largest absolute Gasteiger partial charge is 0.383 e. The number of nitrogens with two attached hydrogens (primary N) is 1. The number of anilines is 1. The van der Waals surface area contributed by atoms with Crippen molar-refractivity contribution < 1.29 is 4.79 Å². The molecule has 7 heteroatoms. The number of hydrogen-bond acceptors (Lipinski definition) is 6. The number of ketones is 1. The summed E-state index contributed by atoms with van der Waals surface area (Å²) in [5.41, 5.74) is 10.3. The van der Waals surface area contributed by atoms with Gasteiger partial charge in [0.25, 0.3) is 0 Å². The molecule has 4 N–H and O–H groups in total. The van der Waals surface area contributed by atoms with Gasteiger partial charge in [-0.2, -0.15) is 5.10 Å². The zero-order valence-electron chi connectivity index (χ0n) is 14.0. The number of carbonyl (C=O) groups is 1. The van der Waals surface area contributed by atoms with Gasteiger partial charge in [0.05, 0.1) is 17.6 Å². The summed E-state index contributed by atoms with van der Waals surface area (Å²) >= 11 is 0. The summed E-state index contributed by atoms with van der Waals surface area (Å²) in [7, 11) is 1.91. The minimum Gasteiger partial charge on any atom is -0.383 e. The molecule has 2 aromatic heterocycles. The van der Waals surface area contributed by atoms with E-state index in [9.17, 15) is 4.79 Å². The van der Waals surface area contributed by atoms with Gasteiger partial charge in [0, 0.05) is 54.2 Å². The number of pyridine rings is 1. The van der Waals surface area contributed by atoms with Crippen molar-refractivity contribution >= 4 is 22.4 Å². The molecule has 1 aliphatic carbocycles. The van der Waals surface area contributed by atoms with Crippen LogP contribution in [0.25, 0.3) is 22.2 Å². The maximum absolute atomic E-state index is 13.2. The van der Waals surface area contributed by atoms with Crippen LogP contribution in [0.3, 0.4) is 0 Å². The third kappa shape index (κ3) is 2.40. The van der Waals surface area contributed by atoms with Gasteiger partial charge in [0.15, 0.2) is 5.78 Å². The fraction of sp³-hybridized carbons (Fsp3) is 0.278. The number of likely N-dealkylation sites (N-methyl/N-ethyl adjacent to an activating group) is 1. The van der Waals surface area contributed by atoms with E-state index in [4.69, 9.17) is 10.8 Å². The van der Waals surface area contributed by atoms with Gasteiger partial charge >= 0.3 is 0 Å². The average molecular weight is 336 g/mol. The second kappa shape index (κ2) is 6.27. The lowest BCUT2D eigenvalue weighted by atomic mass is 9.87. The molecule has 2 heterocycles. The molecule has 0 bridgehead atoms. The third-order valence-electron chi connectivity index (χ3n) is 4.50. The molecule has 0 aliphatic heterocycles. The van der Waals surface area contributed by atoms with E-state index in [-0.39, 0.29) is 5.78 Å². The van der Waals surface area contributed by atoms with E-state index >= 15 is 0 Å². The topological polar surface area (TPSA) is 97.9 Å². The zero-order chi connectivity index (χ0) is 17.4. The van der Waals surface area contributed by atoms with Gasteiger partial charge in [0.2, 0.25) is 0 Å². The Labute approximate surface area is 145 Å². The number of nitrogens with zero attached hydrogens (tertiary/aromatic N) is 3. The average Bonchev–Trinajstić information content (AvgIpc) is 3.02. The van der Waals surface area contributed by atoms with E-state index in [1.165, 1.54) is 0 Å². The number of rotatable bonds is 6. The first-order chi connectivity index (χ1) is 12.3. The molecule has 3 aromatic rings. The highest BCUT2D eigenvalue weighted by molar-refractivity contribution is 6.27. The molecule has 128 valence electrons. The van der Waals surface area contributed by atoms with E-state index in [2.05, 4.69) is 15.6 Å². The van der Waals surface area contributed by atoms with Gasteiger partial charge in [-0.3, -0.25) is 14.5 Å². The lowest BCUT2D eigenvalue weighted by molar-refractivity contribution is 0.104. The van der Waals surface area contributed by atoms with E-state index < -0.39 is 0 Å². The van der Waals surface area contributed by atoms with Crippen LogP contribution >= 0.6 is 0 Å². The molecule has 4 rings (SSSR count). The van der Waals surface area contributed by atoms with E-state index in [1.807, 2.05) is 23.9 Å². The van der Waals surface area contributed by atoms with Crippen LogP contribution in [0.1, 0.15) is 15.9 Å². The van der Waals surface area contributed by atoms with Crippen molar-refractivity contribution in [1.82, 2.24) is 20.1 Å². The molecule has 1 aromatic carbocycles. The molecule has 0 unspecified atom stereocenters. The molecule has 0 amide bonds. The van der Waals surface area contributed by atoms with Crippen molar-refractivity contribution in [3.05, 3.63) is 41.7 Å². The van der Waals surface area contributed by atoms with Gasteiger partial charge in [-0.25, -0.2) is 0 Å². The Kier molecular flexibility index (Phi) is 3.95. The Morgan fingerprint density at radius 2 is 2.08 bits per heavy atom. The van der Waals surface area contributed by atoms with Crippen LogP contribution in [0.5, 0.6) is 0 Å². The van der Waals surface area contributed by atoms with Gasteiger partial charge in [-0.15, -0.1) is 0 Å². The molecular formula is C18H20N6O. The van der Waals surface area contributed by atoms with Crippen molar-refractivity contribution in [2.45, 2.75) is 6.54 Å². The molecule has 0 saturated heterocycles. The Bertz CT molecular complexity index is 962. The first kappa shape index (κ1) is 15.7. The monoisotopic (exact) mass is 336 g/mol. The Balaban J connectivity index is 2.00. The highest BCUT2D eigenvalue weighted by Gasteiger charge is 2.31. The Hall–Kier alpha value is -2.77. The van der Waals surface area contributed by atoms with Crippen LogP contribution in [0.4, 0.5) is 5.69 Å². The summed E-state index contributed by atoms with van der Waals surface area (Å²) in [4.78, 5) is 17.3. The van der Waals surface area contributed by atoms with Gasteiger partial charge in [-0.1, -0.05) is 0 Å². The van der Waals surface area contributed by atoms with Gasteiger partial charge in [-0.05, 0) is 25.2 Å². The van der Waals surface area contributed by atoms with E-state index in [1.54, 1.807) is 18.5 Å². The minimum absolute atomic E-state index is 0.00295. The number of benzene rings is 1. The molecule has 0 radical (unpaired) electrons. The maximum atomic E-state index is 13.2. The molecular weight excluding hydrogens is 316 g/mol. The normalized spacial score (nSPS) is 12.5. The highest BCUT2D eigenvalue weighted by atomic mass is 16.1. The lowest BCUT2D eigenvalue weighted by Gasteiger charge is -2.18. The summed E-state index contributed by atoms with van der Waals surface area (Å²) in [6, 6.07) is 5.72. The molecule has 0 fully saturated rings. The molecule has 1 aliphatic rings. The first-order valence-corrected chi connectivity index (χ1v) is 8.37. The van der Waals surface area contributed by atoms with Gasteiger partial charge < -0.3 is 16.4 Å². The summed E-state index contributed by atoms with van der Waals surface area (Å²) in [6.07, 6.45) is 3.37. The predicted molar refractivity (Wildman–Crippen MR) is 97.9 cm³/mol. The number of aromatic nitrogens is 3. The minimum atomic E-state index is 0.00295. The van der Waals surface area contributed by atoms with Crippen LogP contribution in [0.15, 0.2) is 30.6 Å². The zero-order valence-corrected chi connectivity index (χ0v) is 14.0. The molecule has 0 saturated carbocycles. The van der Waals surface area contributed by atoms with Gasteiger partial charge in [0.1, 0.15) is 5.69 Å². The van der Waals surface area contributed by atoms with Crippen LogP contribution in [0, 0.1) is 0 Å². The lowest BCUT2D eigenvalue weighted by Crippen LogP contribution is -2.17. The van der Waals surface area contributed by atoms with Crippen LogP contribution in [-0.4, -0.2) is 47.2 Å². The maximum Gasteiger partial charge on any atom is 0.196 e. The fourth-order valence-corrected chi connectivity index (χ4v) is 3.35. The van der Waals surface area contributed by atoms with E-state index in [0.717, 1.165) is 40.9 Å². The predicted octanol–water partition coefficient (Wildman–Crippen LogP) is 1.23. The molecule has 0 spiro atoms. The molecule has 0 atom stereocenters. The van der Waals surface area contributed by atoms with Crippen molar-refractivity contribution in [1.29, 1.82) is 0 Å². The fourth-order valence-electron chi connectivity index (χ4n) is 3.35. The number of fused-ring (bicyclic) bond motifs is 2. The van der Waals surface area contributed by atoms with E-state index in [0.29, 0.717) is 24.2 Å². The molecule has 7 nitrogen and oxygen atoms in total. The third-order valence-corrected chi connectivity index (χ3v) is 4.50. The second-order valence-electron chi connectivity index (χ2n) is 6.02. The number of hydrogen-bond donors (Lipinski definition) is 3. The summed E-state index contributed by atoms with van der Waals surface area (Å²) in [6.45, 7) is 2.64. The van der Waals surface area contributed by atoms with Crippen molar-refractivity contribution in [3.8, 4) is 11.3 Å². The first-order valence-electron chi connectivity index (χ1n) is 8.37. The van der Waals surface area contributed by atoms with Crippen molar-refractivity contribution in [3.63, 3.8) is 0 Å². The van der Waals surface area contributed by atoms with Crippen molar-refractivity contribution in [2.75, 3.05) is 32.0 Å². The molecule has 25 heavy (non-hydrogen) atoms. The summed E-state index contributed by atoms with van der Waals surface area (Å²) in [5.74, 6) is 0.00295. The quantitative estimate of drug-likeness (QED) is 0.490. The van der Waals surface area contributed by atoms with Crippen molar-refractivity contribution in [2.24, 2.45) is 5.73 Å². The second-order valence-corrected chi connectivity index (χ2v) is 6.02. The smallest absolute Gasteiger partial charge is 0.196 e. The highest BCUT2D eigenvalue weighted by Crippen LogP contribution is 2.41. The van der Waals surface area contributed by atoms with Crippen LogP contribution < -0.4 is 16.4 Å².